The van der Waals surface area contributed by atoms with E-state index in [1.54, 1.807) is 24.3 Å². The molecular formula is C17H15BrFNO3. The number of rotatable bonds is 5. The summed E-state index contributed by atoms with van der Waals surface area (Å²) in [6.45, 7) is 1.50. The number of hydrogen-bond acceptors (Lipinski definition) is 3. The SMILES string of the molecule is C[C@H](OC(=O)Cc1ccc(F)cc1)C(=O)Nc1ccc(Br)cc1. The van der Waals surface area contributed by atoms with E-state index < -0.39 is 18.0 Å². The number of ether oxygens (including phenoxy) is 1. The molecule has 0 saturated carbocycles. The predicted molar refractivity (Wildman–Crippen MR) is 88.4 cm³/mol. The van der Waals surface area contributed by atoms with Crippen LogP contribution in [-0.2, 0) is 20.7 Å². The highest BCUT2D eigenvalue weighted by Gasteiger charge is 2.18. The molecule has 0 bridgehead atoms. The lowest BCUT2D eigenvalue weighted by molar-refractivity contribution is -0.152. The van der Waals surface area contributed by atoms with Crippen LogP contribution in [0.25, 0.3) is 0 Å². The van der Waals surface area contributed by atoms with Crippen molar-refractivity contribution in [1.82, 2.24) is 0 Å². The monoisotopic (exact) mass is 379 g/mol. The Labute approximate surface area is 141 Å². The van der Waals surface area contributed by atoms with Crippen molar-refractivity contribution >= 4 is 33.5 Å². The summed E-state index contributed by atoms with van der Waals surface area (Å²) in [6, 6.07) is 12.6. The summed E-state index contributed by atoms with van der Waals surface area (Å²) >= 11 is 3.30. The fourth-order valence-corrected chi connectivity index (χ4v) is 2.10. The molecule has 0 radical (unpaired) electrons. The topological polar surface area (TPSA) is 55.4 Å². The van der Waals surface area contributed by atoms with E-state index in [2.05, 4.69) is 21.2 Å². The van der Waals surface area contributed by atoms with Crippen LogP contribution in [0.4, 0.5) is 10.1 Å². The largest absolute Gasteiger partial charge is 0.452 e. The molecule has 6 heteroatoms. The summed E-state index contributed by atoms with van der Waals surface area (Å²) in [7, 11) is 0. The molecule has 0 aliphatic rings. The molecule has 2 aromatic carbocycles. The number of hydrogen-bond donors (Lipinski definition) is 1. The third-order valence-corrected chi connectivity index (χ3v) is 3.58. The van der Waals surface area contributed by atoms with Gasteiger partial charge in [-0.05, 0) is 48.9 Å². The number of benzene rings is 2. The van der Waals surface area contributed by atoms with Crippen LogP contribution < -0.4 is 5.32 Å². The quantitative estimate of drug-likeness (QED) is 0.805. The maximum absolute atomic E-state index is 12.8. The van der Waals surface area contributed by atoms with Crippen LogP contribution in [0.5, 0.6) is 0 Å². The van der Waals surface area contributed by atoms with E-state index in [0.717, 1.165) is 4.47 Å². The number of halogens is 2. The van der Waals surface area contributed by atoms with E-state index in [4.69, 9.17) is 4.74 Å². The van der Waals surface area contributed by atoms with Gasteiger partial charge in [0.1, 0.15) is 5.82 Å². The molecule has 2 rings (SSSR count). The van der Waals surface area contributed by atoms with Crippen LogP contribution in [0.15, 0.2) is 53.0 Å². The average Bonchev–Trinajstić information content (AvgIpc) is 2.51. The Morgan fingerprint density at radius 2 is 1.74 bits per heavy atom. The van der Waals surface area contributed by atoms with Gasteiger partial charge in [0.15, 0.2) is 6.10 Å². The number of nitrogens with one attached hydrogen (secondary N) is 1. The Hall–Kier alpha value is -2.21. The Balaban J connectivity index is 1.86. The first-order chi connectivity index (χ1) is 10.9. The van der Waals surface area contributed by atoms with Crippen LogP contribution in [0.3, 0.4) is 0 Å². The molecule has 2 aromatic rings. The lowest BCUT2D eigenvalue weighted by Gasteiger charge is -2.13. The Morgan fingerprint density at radius 1 is 1.13 bits per heavy atom. The first-order valence-corrected chi connectivity index (χ1v) is 7.73. The van der Waals surface area contributed by atoms with Crippen molar-refractivity contribution in [2.75, 3.05) is 5.32 Å². The minimum Gasteiger partial charge on any atom is -0.452 e. The van der Waals surface area contributed by atoms with Gasteiger partial charge in [-0.2, -0.15) is 0 Å². The van der Waals surface area contributed by atoms with Crippen molar-refractivity contribution in [2.24, 2.45) is 0 Å². The lowest BCUT2D eigenvalue weighted by Crippen LogP contribution is -2.30. The molecule has 1 atom stereocenters. The summed E-state index contributed by atoms with van der Waals surface area (Å²) in [5, 5.41) is 2.66. The van der Waals surface area contributed by atoms with E-state index in [9.17, 15) is 14.0 Å². The molecule has 0 unspecified atom stereocenters. The number of anilines is 1. The molecule has 0 saturated heterocycles. The van der Waals surface area contributed by atoms with Gasteiger partial charge in [0.05, 0.1) is 6.42 Å². The molecular weight excluding hydrogens is 365 g/mol. The molecule has 0 fully saturated rings. The molecule has 0 heterocycles. The van der Waals surface area contributed by atoms with Gasteiger partial charge in [-0.1, -0.05) is 28.1 Å². The van der Waals surface area contributed by atoms with Crippen molar-refractivity contribution in [3.63, 3.8) is 0 Å². The second-order valence-electron chi connectivity index (χ2n) is 4.93. The van der Waals surface area contributed by atoms with Crippen LogP contribution >= 0.6 is 15.9 Å². The van der Waals surface area contributed by atoms with E-state index >= 15 is 0 Å². The first-order valence-electron chi connectivity index (χ1n) is 6.94. The molecule has 23 heavy (non-hydrogen) atoms. The second kappa shape index (κ2) is 7.87. The van der Waals surface area contributed by atoms with Gasteiger partial charge >= 0.3 is 5.97 Å². The van der Waals surface area contributed by atoms with Crippen molar-refractivity contribution < 1.29 is 18.7 Å². The lowest BCUT2D eigenvalue weighted by atomic mass is 10.1. The summed E-state index contributed by atoms with van der Waals surface area (Å²) < 4.78 is 18.8. The van der Waals surface area contributed by atoms with Crippen molar-refractivity contribution in [3.8, 4) is 0 Å². The first kappa shape index (κ1) is 17.1. The zero-order chi connectivity index (χ0) is 16.8. The van der Waals surface area contributed by atoms with E-state index in [-0.39, 0.29) is 12.2 Å². The van der Waals surface area contributed by atoms with Crippen LogP contribution in [0, 0.1) is 5.82 Å². The second-order valence-corrected chi connectivity index (χ2v) is 5.85. The summed E-state index contributed by atoms with van der Waals surface area (Å²) in [5.41, 5.74) is 1.23. The van der Waals surface area contributed by atoms with E-state index in [0.29, 0.717) is 11.3 Å². The molecule has 0 spiro atoms. The molecule has 1 amide bonds. The predicted octanol–water partition coefficient (Wildman–Crippen LogP) is 3.70. The number of amides is 1. The maximum Gasteiger partial charge on any atom is 0.311 e. The Morgan fingerprint density at radius 3 is 2.35 bits per heavy atom. The minimum atomic E-state index is -0.924. The van der Waals surface area contributed by atoms with Gasteiger partial charge in [-0.15, -0.1) is 0 Å². The molecule has 1 N–H and O–H groups in total. The number of esters is 1. The molecule has 0 aliphatic carbocycles. The average molecular weight is 380 g/mol. The van der Waals surface area contributed by atoms with Crippen molar-refractivity contribution in [2.45, 2.75) is 19.4 Å². The smallest absolute Gasteiger partial charge is 0.311 e. The minimum absolute atomic E-state index is 0.0177. The van der Waals surface area contributed by atoms with Gasteiger partial charge < -0.3 is 10.1 Å². The normalized spacial score (nSPS) is 11.6. The fourth-order valence-electron chi connectivity index (χ4n) is 1.84. The van der Waals surface area contributed by atoms with Gasteiger partial charge in [0, 0.05) is 10.2 Å². The third-order valence-electron chi connectivity index (χ3n) is 3.05. The van der Waals surface area contributed by atoms with Crippen molar-refractivity contribution in [1.29, 1.82) is 0 Å². The van der Waals surface area contributed by atoms with Gasteiger partial charge in [0.2, 0.25) is 0 Å². The highest BCUT2D eigenvalue weighted by Crippen LogP contribution is 2.14. The van der Waals surface area contributed by atoms with Gasteiger partial charge in [0.25, 0.3) is 5.91 Å². The summed E-state index contributed by atoms with van der Waals surface area (Å²) in [5.74, 6) is -1.33. The van der Waals surface area contributed by atoms with Gasteiger partial charge in [-0.3, -0.25) is 9.59 Å². The van der Waals surface area contributed by atoms with Gasteiger partial charge in [-0.25, -0.2) is 4.39 Å². The molecule has 0 aromatic heterocycles. The van der Waals surface area contributed by atoms with Crippen molar-refractivity contribution in [3.05, 3.63) is 64.4 Å². The van der Waals surface area contributed by atoms with Crippen LogP contribution in [-0.4, -0.2) is 18.0 Å². The highest BCUT2D eigenvalue weighted by atomic mass is 79.9. The molecule has 120 valence electrons. The zero-order valence-corrected chi connectivity index (χ0v) is 14.0. The maximum atomic E-state index is 12.8. The summed E-state index contributed by atoms with van der Waals surface area (Å²) in [6.07, 6.45) is -0.942. The summed E-state index contributed by atoms with van der Waals surface area (Å²) in [4.78, 5) is 23.8. The number of carbonyl (C=O) groups excluding carboxylic acids is 2. The third kappa shape index (κ3) is 5.49. The fraction of sp³-hybridized carbons (Fsp3) is 0.176. The van der Waals surface area contributed by atoms with Crippen LogP contribution in [0.1, 0.15) is 12.5 Å². The molecule has 0 aliphatic heterocycles. The number of carbonyl (C=O) groups is 2. The zero-order valence-electron chi connectivity index (χ0n) is 12.4. The molecule has 4 nitrogen and oxygen atoms in total. The highest BCUT2D eigenvalue weighted by molar-refractivity contribution is 9.10. The Bertz CT molecular complexity index is 686. The van der Waals surface area contributed by atoms with E-state index in [1.807, 2.05) is 0 Å². The standard InChI is InChI=1S/C17H15BrFNO3/c1-11(17(22)20-15-8-4-13(18)5-9-15)23-16(21)10-12-2-6-14(19)7-3-12/h2-9,11H,10H2,1H3,(H,20,22)/t11-/m0/s1. The Kier molecular flexibility index (Phi) is 5.87. The van der Waals surface area contributed by atoms with E-state index in [1.165, 1.54) is 31.2 Å². The van der Waals surface area contributed by atoms with Crippen LogP contribution in [0.2, 0.25) is 0 Å².